The van der Waals surface area contributed by atoms with Crippen LogP contribution in [0.5, 0.6) is 11.5 Å². The molecule has 34 heavy (non-hydrogen) atoms. The topological polar surface area (TPSA) is 80.2 Å². The second-order valence-electron chi connectivity index (χ2n) is 7.01. The van der Waals surface area contributed by atoms with E-state index < -0.39 is 5.91 Å². The van der Waals surface area contributed by atoms with Gasteiger partial charge in [-0.15, -0.1) is 0 Å². The number of amides is 2. The van der Waals surface area contributed by atoms with Crippen molar-refractivity contribution in [2.24, 2.45) is 4.99 Å². The Hall–Kier alpha value is -3.75. The second kappa shape index (κ2) is 10.5. The van der Waals surface area contributed by atoms with E-state index in [2.05, 4.69) is 10.3 Å². The predicted octanol–water partition coefficient (Wildman–Crippen LogP) is 5.65. The number of ether oxygens (including phenoxy) is 2. The Kier molecular flexibility index (Phi) is 7.20. The fourth-order valence-electron chi connectivity index (χ4n) is 3.13. The van der Waals surface area contributed by atoms with Gasteiger partial charge in [0.1, 0.15) is 11.5 Å². The van der Waals surface area contributed by atoms with Gasteiger partial charge >= 0.3 is 0 Å². The number of methoxy groups -OCH3 is 2. The van der Waals surface area contributed by atoms with Crippen LogP contribution < -0.4 is 19.7 Å². The van der Waals surface area contributed by atoms with Crippen LogP contribution in [0.2, 0.25) is 5.02 Å². The molecule has 0 atom stereocenters. The number of carbonyl (C=O) groups excluding carboxylic acids is 2. The van der Waals surface area contributed by atoms with Gasteiger partial charge < -0.3 is 14.8 Å². The maximum atomic E-state index is 13.3. The number of thioether (sulfide) groups is 1. The molecule has 0 spiro atoms. The average molecular weight is 494 g/mol. The quantitative estimate of drug-likeness (QED) is 0.449. The van der Waals surface area contributed by atoms with Gasteiger partial charge in [0.05, 0.1) is 41.2 Å². The molecule has 0 radical (unpaired) electrons. The number of carbonyl (C=O) groups is 2. The highest BCUT2D eigenvalue weighted by atomic mass is 35.5. The molecule has 3 aromatic carbocycles. The number of nitrogens with zero attached hydrogens (tertiary/aromatic N) is 2. The third-order valence-electron chi connectivity index (χ3n) is 4.83. The first-order valence-electron chi connectivity index (χ1n) is 10.1. The van der Waals surface area contributed by atoms with Crippen molar-refractivity contribution in [3.63, 3.8) is 0 Å². The van der Waals surface area contributed by atoms with Crippen LogP contribution in [0.3, 0.4) is 0 Å². The zero-order chi connectivity index (χ0) is 24.1. The van der Waals surface area contributed by atoms with Crippen molar-refractivity contribution in [1.29, 1.82) is 0 Å². The first kappa shape index (κ1) is 23.4. The molecule has 0 saturated carbocycles. The summed E-state index contributed by atoms with van der Waals surface area (Å²) >= 11 is 7.23. The van der Waals surface area contributed by atoms with Crippen molar-refractivity contribution in [1.82, 2.24) is 0 Å². The minimum absolute atomic E-state index is 0.229. The van der Waals surface area contributed by atoms with Gasteiger partial charge in [-0.2, -0.15) is 0 Å². The molecule has 1 fully saturated rings. The molecule has 0 unspecified atom stereocenters. The fourth-order valence-corrected chi connectivity index (χ4v) is 4.28. The Balaban J connectivity index is 1.67. The Bertz CT molecular complexity index is 1270. The van der Waals surface area contributed by atoms with E-state index in [0.29, 0.717) is 38.8 Å². The Morgan fingerprint density at radius 3 is 2.21 bits per heavy atom. The van der Waals surface area contributed by atoms with Crippen LogP contribution in [-0.2, 0) is 9.59 Å². The first-order chi connectivity index (χ1) is 16.5. The molecule has 9 heteroatoms. The monoisotopic (exact) mass is 493 g/mol. The molecule has 172 valence electrons. The number of rotatable bonds is 6. The summed E-state index contributed by atoms with van der Waals surface area (Å²) in [5.74, 6) is 0.524. The number of amidine groups is 1. The molecule has 4 rings (SSSR count). The largest absolute Gasteiger partial charge is 0.497 e. The minimum atomic E-state index is -0.468. The highest BCUT2D eigenvalue weighted by molar-refractivity contribution is 8.19. The summed E-state index contributed by atoms with van der Waals surface area (Å²) in [5, 5.41) is 3.52. The molecule has 0 aromatic heterocycles. The smallest absolute Gasteiger partial charge is 0.271 e. The lowest BCUT2D eigenvalue weighted by atomic mass is 10.2. The van der Waals surface area contributed by atoms with Crippen molar-refractivity contribution in [3.8, 4) is 11.5 Å². The third kappa shape index (κ3) is 5.24. The van der Waals surface area contributed by atoms with E-state index in [9.17, 15) is 9.59 Å². The van der Waals surface area contributed by atoms with Crippen molar-refractivity contribution in [2.75, 3.05) is 24.4 Å². The summed E-state index contributed by atoms with van der Waals surface area (Å²) < 4.78 is 10.4. The van der Waals surface area contributed by atoms with Crippen LogP contribution in [0, 0.1) is 0 Å². The van der Waals surface area contributed by atoms with Crippen LogP contribution in [0.4, 0.5) is 17.1 Å². The summed E-state index contributed by atoms with van der Waals surface area (Å²) in [6.07, 6.45) is 1.25. The maximum Gasteiger partial charge on any atom is 0.271 e. The molecule has 0 aliphatic carbocycles. The van der Waals surface area contributed by atoms with E-state index in [1.165, 1.54) is 11.0 Å². The number of aliphatic imine (C=N–C) groups is 1. The van der Waals surface area contributed by atoms with Crippen LogP contribution in [0.25, 0.3) is 0 Å². The van der Waals surface area contributed by atoms with E-state index in [1.54, 1.807) is 87.0 Å². The number of para-hydroxylation sites is 1. The third-order valence-corrected chi connectivity index (χ3v) is 6.13. The molecule has 7 nitrogen and oxygen atoms in total. The van der Waals surface area contributed by atoms with Crippen molar-refractivity contribution in [2.45, 2.75) is 0 Å². The number of hydrogen-bond acceptors (Lipinski definition) is 6. The maximum absolute atomic E-state index is 13.3. The Labute approximate surface area is 206 Å². The molecule has 3 aromatic rings. The van der Waals surface area contributed by atoms with Gasteiger partial charge in [-0.25, -0.2) is 4.99 Å². The van der Waals surface area contributed by atoms with Crippen molar-refractivity contribution < 1.29 is 19.1 Å². The van der Waals surface area contributed by atoms with E-state index in [-0.39, 0.29) is 10.8 Å². The number of hydrogen-bond donors (Lipinski definition) is 1. The van der Waals surface area contributed by atoms with E-state index in [0.717, 1.165) is 11.8 Å². The van der Waals surface area contributed by atoms with Crippen LogP contribution in [0.1, 0.15) is 0 Å². The second-order valence-corrected chi connectivity index (χ2v) is 8.43. The molecular weight excluding hydrogens is 474 g/mol. The van der Waals surface area contributed by atoms with Gasteiger partial charge in [-0.05, 0) is 72.4 Å². The number of halogens is 1. The summed E-state index contributed by atoms with van der Waals surface area (Å²) in [6.45, 7) is 0. The average Bonchev–Trinajstić information content (AvgIpc) is 3.15. The van der Waals surface area contributed by atoms with Gasteiger partial charge in [-0.1, -0.05) is 23.7 Å². The number of anilines is 2. The first-order valence-corrected chi connectivity index (χ1v) is 11.3. The van der Waals surface area contributed by atoms with Crippen LogP contribution in [-0.4, -0.2) is 31.2 Å². The predicted molar refractivity (Wildman–Crippen MR) is 136 cm³/mol. The molecule has 1 saturated heterocycles. The lowest BCUT2D eigenvalue weighted by molar-refractivity contribution is -0.115. The molecular formula is C25H20ClN3O4S. The minimum Gasteiger partial charge on any atom is -0.497 e. The molecule has 1 aliphatic rings. The summed E-state index contributed by atoms with van der Waals surface area (Å²) in [7, 11) is 3.16. The van der Waals surface area contributed by atoms with E-state index in [1.807, 2.05) is 0 Å². The molecule has 0 bridgehead atoms. The van der Waals surface area contributed by atoms with Crippen molar-refractivity contribution in [3.05, 3.63) is 88.8 Å². The van der Waals surface area contributed by atoms with Crippen LogP contribution >= 0.6 is 23.4 Å². The number of nitrogens with one attached hydrogen (secondary N) is 1. The van der Waals surface area contributed by atoms with E-state index in [4.69, 9.17) is 21.1 Å². The summed E-state index contributed by atoms with van der Waals surface area (Å²) in [5.41, 5.74) is 1.69. The van der Waals surface area contributed by atoms with Gasteiger partial charge in [0.25, 0.3) is 5.91 Å². The normalized spacial score (nSPS) is 15.6. The lowest BCUT2D eigenvalue weighted by Gasteiger charge is -2.16. The highest BCUT2D eigenvalue weighted by Crippen LogP contribution is 2.37. The van der Waals surface area contributed by atoms with Gasteiger partial charge in [-0.3, -0.25) is 14.5 Å². The van der Waals surface area contributed by atoms with Crippen molar-refractivity contribution >= 4 is 57.4 Å². The lowest BCUT2D eigenvalue weighted by Crippen LogP contribution is -2.28. The Morgan fingerprint density at radius 1 is 0.971 bits per heavy atom. The highest BCUT2D eigenvalue weighted by Gasteiger charge is 2.35. The van der Waals surface area contributed by atoms with Gasteiger partial charge in [0, 0.05) is 6.08 Å². The summed E-state index contributed by atoms with van der Waals surface area (Å²) in [6, 6.07) is 21.0. The molecule has 1 aliphatic heterocycles. The number of benzene rings is 3. The summed E-state index contributed by atoms with van der Waals surface area (Å²) in [4.78, 5) is 32.3. The molecule has 1 N–H and O–H groups in total. The van der Waals surface area contributed by atoms with Gasteiger partial charge in [0.15, 0.2) is 5.17 Å². The standard InChI is InChI=1S/C25H20ClN3O4S/c1-32-18-11-7-16(8-12-18)27-25-29(17-9-13-19(33-2)14-10-17)24(31)22(34-25)15-23(30)28-21-6-4-3-5-20(21)26/h3-15H,1-2H3,(H,28,30)/b22-15-,27-25?. The van der Waals surface area contributed by atoms with E-state index >= 15 is 0 Å². The molecule has 1 heterocycles. The van der Waals surface area contributed by atoms with Gasteiger partial charge in [0.2, 0.25) is 5.91 Å². The zero-order valence-corrected chi connectivity index (χ0v) is 19.9. The fraction of sp³-hybridized carbons (Fsp3) is 0.0800. The molecule has 2 amide bonds. The zero-order valence-electron chi connectivity index (χ0n) is 18.3. The SMILES string of the molecule is COc1ccc(N=C2S/C(=C\C(=O)Nc3ccccc3Cl)C(=O)N2c2ccc(OC)cc2)cc1. The Morgan fingerprint density at radius 2 is 1.59 bits per heavy atom. The van der Waals surface area contributed by atoms with Crippen LogP contribution in [0.15, 0.2) is 88.8 Å².